The molecule has 0 amide bonds. The maximum atomic E-state index is 6.69. The Morgan fingerprint density at radius 3 is 2.28 bits per heavy atom. The van der Waals surface area contributed by atoms with Crippen LogP contribution >= 0.6 is 0 Å². The zero-order valence-corrected chi connectivity index (χ0v) is 12.4. The molecule has 1 heterocycles. The summed E-state index contributed by atoms with van der Waals surface area (Å²) in [5.41, 5.74) is 6.64. The molecule has 104 valence electrons. The van der Waals surface area contributed by atoms with E-state index >= 15 is 0 Å². The molecule has 0 radical (unpaired) electrons. The van der Waals surface area contributed by atoms with E-state index in [9.17, 15) is 0 Å². The Bertz CT molecular complexity index is 336. The van der Waals surface area contributed by atoms with Crippen molar-refractivity contribution in [2.75, 3.05) is 0 Å². The molecule has 0 aromatic rings. The summed E-state index contributed by atoms with van der Waals surface area (Å²) in [5.74, 6) is 3.20. The Labute approximate surface area is 112 Å². The molecular formula is C16H29NO. The Morgan fingerprint density at radius 1 is 1.11 bits per heavy atom. The Morgan fingerprint density at radius 2 is 1.83 bits per heavy atom. The Kier molecular flexibility index (Phi) is 2.84. The summed E-state index contributed by atoms with van der Waals surface area (Å²) in [6.45, 7) is 8.89. The molecule has 0 spiro atoms. The average molecular weight is 251 g/mol. The summed E-state index contributed by atoms with van der Waals surface area (Å²) in [7, 11) is 0. The second-order valence-corrected chi connectivity index (χ2v) is 8.19. The van der Waals surface area contributed by atoms with Crippen LogP contribution in [0.1, 0.15) is 59.8 Å². The van der Waals surface area contributed by atoms with Gasteiger partial charge in [0.1, 0.15) is 0 Å². The maximum Gasteiger partial charge on any atom is 0.0677 e. The third-order valence-electron chi connectivity index (χ3n) is 5.90. The van der Waals surface area contributed by atoms with E-state index < -0.39 is 0 Å². The molecule has 2 saturated carbocycles. The van der Waals surface area contributed by atoms with Crippen molar-refractivity contribution in [1.82, 2.24) is 0 Å². The third-order valence-corrected chi connectivity index (χ3v) is 5.90. The van der Waals surface area contributed by atoms with E-state index in [1.54, 1.807) is 0 Å². The molecule has 2 aliphatic carbocycles. The van der Waals surface area contributed by atoms with Crippen molar-refractivity contribution < 1.29 is 4.74 Å². The molecule has 1 aliphatic heterocycles. The lowest BCUT2D eigenvalue weighted by Crippen LogP contribution is -2.46. The van der Waals surface area contributed by atoms with Gasteiger partial charge in [0.2, 0.25) is 0 Å². The van der Waals surface area contributed by atoms with Gasteiger partial charge in [-0.3, -0.25) is 0 Å². The standard InChI is InChI=1S/C16H29NO/c1-15(2)9-13(16(3,4)18-15)14(17)12-8-10-5-6-11(12)7-10/h10-14H,5-9,17H2,1-4H3. The minimum atomic E-state index is -0.0508. The Hall–Kier alpha value is -0.0800. The molecule has 2 heteroatoms. The van der Waals surface area contributed by atoms with Gasteiger partial charge in [-0.25, -0.2) is 0 Å². The van der Waals surface area contributed by atoms with Gasteiger partial charge in [0.15, 0.2) is 0 Å². The van der Waals surface area contributed by atoms with E-state index in [0.29, 0.717) is 12.0 Å². The van der Waals surface area contributed by atoms with Crippen molar-refractivity contribution in [2.24, 2.45) is 29.4 Å². The second-order valence-electron chi connectivity index (χ2n) is 8.19. The number of ether oxygens (including phenoxy) is 1. The first-order chi connectivity index (χ1) is 8.28. The number of hydrogen-bond donors (Lipinski definition) is 1. The van der Waals surface area contributed by atoms with Crippen LogP contribution in [0.2, 0.25) is 0 Å². The lowest BCUT2D eigenvalue weighted by Gasteiger charge is -2.37. The molecule has 5 unspecified atom stereocenters. The summed E-state index contributed by atoms with van der Waals surface area (Å²) in [4.78, 5) is 0. The fourth-order valence-electron chi connectivity index (χ4n) is 5.27. The van der Waals surface area contributed by atoms with Gasteiger partial charge in [-0.2, -0.15) is 0 Å². The number of hydrogen-bond acceptors (Lipinski definition) is 2. The molecule has 18 heavy (non-hydrogen) atoms. The second kappa shape index (κ2) is 3.96. The van der Waals surface area contributed by atoms with Gasteiger partial charge < -0.3 is 10.5 Å². The van der Waals surface area contributed by atoms with E-state index in [1.165, 1.54) is 25.7 Å². The number of nitrogens with two attached hydrogens (primary N) is 1. The fraction of sp³-hybridized carbons (Fsp3) is 1.00. The Balaban J connectivity index is 1.74. The normalized spacial score (nSPS) is 46.5. The van der Waals surface area contributed by atoms with E-state index in [4.69, 9.17) is 10.5 Å². The van der Waals surface area contributed by atoms with E-state index in [1.807, 2.05) is 0 Å². The molecule has 3 aliphatic rings. The highest BCUT2D eigenvalue weighted by Crippen LogP contribution is 2.53. The first kappa shape index (κ1) is 12.9. The van der Waals surface area contributed by atoms with Gasteiger partial charge in [-0.15, -0.1) is 0 Å². The van der Waals surface area contributed by atoms with Crippen molar-refractivity contribution in [2.45, 2.75) is 77.0 Å². The van der Waals surface area contributed by atoms with Crippen molar-refractivity contribution >= 4 is 0 Å². The van der Waals surface area contributed by atoms with Gasteiger partial charge in [-0.05, 0) is 71.1 Å². The smallest absolute Gasteiger partial charge is 0.0677 e. The molecule has 2 N–H and O–H groups in total. The van der Waals surface area contributed by atoms with E-state index in [-0.39, 0.29) is 11.2 Å². The van der Waals surface area contributed by atoms with Crippen molar-refractivity contribution in [3.05, 3.63) is 0 Å². The van der Waals surface area contributed by atoms with Crippen molar-refractivity contribution in [1.29, 1.82) is 0 Å². The quantitative estimate of drug-likeness (QED) is 0.817. The van der Waals surface area contributed by atoms with E-state index in [2.05, 4.69) is 27.7 Å². The van der Waals surface area contributed by atoms with Crippen LogP contribution in [0.15, 0.2) is 0 Å². The van der Waals surface area contributed by atoms with Crippen LogP contribution in [0.3, 0.4) is 0 Å². The molecule has 2 nitrogen and oxygen atoms in total. The zero-order valence-electron chi connectivity index (χ0n) is 12.4. The van der Waals surface area contributed by atoms with E-state index in [0.717, 1.165) is 24.2 Å². The largest absolute Gasteiger partial charge is 0.369 e. The highest BCUT2D eigenvalue weighted by Gasteiger charge is 2.52. The van der Waals surface area contributed by atoms with Crippen LogP contribution in [-0.4, -0.2) is 17.2 Å². The number of fused-ring (bicyclic) bond motifs is 2. The minimum absolute atomic E-state index is 0.00338. The maximum absolute atomic E-state index is 6.69. The summed E-state index contributed by atoms with van der Waals surface area (Å²) < 4.78 is 6.23. The van der Waals surface area contributed by atoms with Gasteiger partial charge >= 0.3 is 0 Å². The van der Waals surface area contributed by atoms with Crippen LogP contribution in [0, 0.1) is 23.7 Å². The molecule has 5 atom stereocenters. The molecule has 3 fully saturated rings. The highest BCUT2D eigenvalue weighted by molar-refractivity contribution is 5.04. The predicted octanol–water partition coefficient (Wildman–Crippen LogP) is 3.34. The van der Waals surface area contributed by atoms with Gasteiger partial charge in [0.05, 0.1) is 11.2 Å². The van der Waals surface area contributed by atoms with Gasteiger partial charge in [0, 0.05) is 12.0 Å². The van der Waals surface area contributed by atoms with Gasteiger partial charge in [-0.1, -0.05) is 6.42 Å². The lowest BCUT2D eigenvalue weighted by atomic mass is 9.72. The molecule has 1 saturated heterocycles. The van der Waals surface area contributed by atoms with Crippen molar-refractivity contribution in [3.63, 3.8) is 0 Å². The van der Waals surface area contributed by atoms with Crippen LogP contribution in [-0.2, 0) is 4.74 Å². The zero-order chi connectivity index (χ0) is 13.1. The molecule has 2 bridgehead atoms. The molecule has 0 aromatic carbocycles. The highest BCUT2D eigenvalue weighted by atomic mass is 16.5. The van der Waals surface area contributed by atoms with Crippen LogP contribution in [0.25, 0.3) is 0 Å². The summed E-state index contributed by atoms with van der Waals surface area (Å²) >= 11 is 0. The summed E-state index contributed by atoms with van der Waals surface area (Å²) in [6.07, 6.45) is 6.86. The van der Waals surface area contributed by atoms with Crippen LogP contribution in [0.5, 0.6) is 0 Å². The fourth-order valence-corrected chi connectivity index (χ4v) is 5.27. The summed E-state index contributed by atoms with van der Waals surface area (Å²) in [5, 5.41) is 0. The molecule has 0 aromatic heterocycles. The van der Waals surface area contributed by atoms with Crippen molar-refractivity contribution in [3.8, 4) is 0 Å². The average Bonchev–Trinajstić information content (AvgIpc) is 2.88. The first-order valence-corrected chi connectivity index (χ1v) is 7.74. The van der Waals surface area contributed by atoms with Gasteiger partial charge in [0.25, 0.3) is 0 Å². The lowest BCUT2D eigenvalue weighted by molar-refractivity contribution is -0.0789. The monoisotopic (exact) mass is 251 g/mol. The minimum Gasteiger partial charge on any atom is -0.369 e. The summed E-state index contributed by atoms with van der Waals surface area (Å²) in [6, 6.07) is 0.345. The molecular weight excluding hydrogens is 222 g/mol. The van der Waals surface area contributed by atoms with Crippen LogP contribution < -0.4 is 5.73 Å². The SMILES string of the molecule is CC1(C)CC(C(N)C2CC3CCC2C3)C(C)(C)O1. The number of rotatable bonds is 2. The third kappa shape index (κ3) is 2.02. The predicted molar refractivity (Wildman–Crippen MR) is 74.3 cm³/mol. The molecule has 3 rings (SSSR count). The first-order valence-electron chi connectivity index (χ1n) is 7.74. The topological polar surface area (TPSA) is 35.2 Å². The van der Waals surface area contributed by atoms with Crippen LogP contribution in [0.4, 0.5) is 0 Å².